The zero-order chi connectivity index (χ0) is 23.5. The number of hydrogen-bond acceptors (Lipinski definition) is 6. The molecule has 2 aromatic heterocycles. The molecule has 0 aliphatic heterocycles. The monoisotopic (exact) mass is 460 g/mol. The second-order valence-corrected chi connectivity index (χ2v) is 9.85. The maximum atomic E-state index is 13.0. The number of aryl methyl sites for hydroxylation is 1. The molecule has 0 bridgehead atoms. The van der Waals surface area contributed by atoms with Crippen LogP contribution in [0.2, 0.25) is 0 Å². The van der Waals surface area contributed by atoms with Crippen LogP contribution in [0.3, 0.4) is 0 Å². The summed E-state index contributed by atoms with van der Waals surface area (Å²) < 4.78 is 42.3. The number of hydrogen-bond donors (Lipinski definition) is 1. The fraction of sp³-hybridized carbons (Fsp3) is 0.364. The van der Waals surface area contributed by atoms with Crippen LogP contribution in [0, 0.1) is 0 Å². The van der Waals surface area contributed by atoms with Crippen LogP contribution < -0.4 is 9.46 Å². The van der Waals surface area contributed by atoms with Crippen molar-refractivity contribution in [3.8, 4) is 17.0 Å². The van der Waals surface area contributed by atoms with E-state index < -0.39 is 21.7 Å². The minimum atomic E-state index is -3.85. The summed E-state index contributed by atoms with van der Waals surface area (Å²) in [6.07, 6.45) is 3.35. The van der Waals surface area contributed by atoms with Gasteiger partial charge in [-0.25, -0.2) is 13.2 Å². The van der Waals surface area contributed by atoms with Gasteiger partial charge in [-0.3, -0.25) is 9.25 Å². The molecule has 32 heavy (non-hydrogen) atoms. The first kappa shape index (κ1) is 23.6. The first-order valence-electron chi connectivity index (χ1n) is 10.1. The largest absolute Gasteiger partial charge is 0.496 e. The number of aromatic nitrogens is 3. The van der Waals surface area contributed by atoms with Crippen molar-refractivity contribution in [3.63, 3.8) is 0 Å². The third-order valence-electron chi connectivity index (χ3n) is 4.67. The Kier molecular flexibility index (Phi) is 6.75. The van der Waals surface area contributed by atoms with E-state index in [2.05, 4.69) is 9.82 Å². The number of carbonyl (C=O) groups excluding carboxylic acids is 1. The summed E-state index contributed by atoms with van der Waals surface area (Å²) in [7, 11) is -2.37. The third-order valence-corrected chi connectivity index (χ3v) is 6.05. The second kappa shape index (κ2) is 9.17. The Morgan fingerprint density at radius 2 is 1.94 bits per heavy atom. The number of methoxy groups -OCH3 is 1. The fourth-order valence-corrected chi connectivity index (χ4v) is 4.14. The summed E-state index contributed by atoms with van der Waals surface area (Å²) in [4.78, 5) is 12.7. The van der Waals surface area contributed by atoms with E-state index in [1.165, 1.54) is 23.8 Å². The molecule has 0 radical (unpaired) electrons. The van der Waals surface area contributed by atoms with Gasteiger partial charge in [0.05, 0.1) is 17.7 Å². The standard InChI is InChI=1S/C22H28N4O5S/c1-6-16-11-12-23-26(16)15-24-32(28,29)17-9-10-20(30-5)18(14-17)19-8-7-13-25(19)21(27)31-22(2,3)4/h7-14,24H,6,15H2,1-5H3. The molecular formula is C22H28N4O5S. The molecule has 0 aliphatic carbocycles. The number of sulfonamides is 1. The molecule has 0 amide bonds. The summed E-state index contributed by atoms with van der Waals surface area (Å²) in [5.41, 5.74) is 1.13. The molecule has 0 atom stereocenters. The van der Waals surface area contributed by atoms with Gasteiger partial charge in [0.2, 0.25) is 10.0 Å². The van der Waals surface area contributed by atoms with E-state index >= 15 is 0 Å². The van der Waals surface area contributed by atoms with Gasteiger partial charge in [-0.1, -0.05) is 6.92 Å². The zero-order valence-corrected chi connectivity index (χ0v) is 19.6. The average Bonchev–Trinajstić information content (AvgIpc) is 3.39. The molecule has 2 heterocycles. The van der Waals surface area contributed by atoms with Crippen molar-refractivity contribution < 1.29 is 22.7 Å². The molecule has 3 aromatic rings. The maximum absolute atomic E-state index is 13.0. The van der Waals surface area contributed by atoms with Crippen LogP contribution >= 0.6 is 0 Å². The Labute approximate surface area is 188 Å². The Morgan fingerprint density at radius 3 is 2.59 bits per heavy atom. The normalized spacial score (nSPS) is 12.0. The number of carbonyl (C=O) groups is 1. The molecule has 0 saturated carbocycles. The number of rotatable bonds is 7. The highest BCUT2D eigenvalue weighted by Crippen LogP contribution is 2.33. The molecule has 0 spiro atoms. The number of benzene rings is 1. The smallest absolute Gasteiger partial charge is 0.418 e. The van der Waals surface area contributed by atoms with Crippen LogP contribution in [0.15, 0.2) is 53.7 Å². The van der Waals surface area contributed by atoms with Crippen LogP contribution in [-0.4, -0.2) is 41.6 Å². The second-order valence-electron chi connectivity index (χ2n) is 8.09. The maximum Gasteiger partial charge on any atom is 0.418 e. The Morgan fingerprint density at radius 1 is 1.19 bits per heavy atom. The zero-order valence-electron chi connectivity index (χ0n) is 18.8. The van der Waals surface area contributed by atoms with Crippen molar-refractivity contribution in [1.82, 2.24) is 19.1 Å². The van der Waals surface area contributed by atoms with Gasteiger partial charge in [0.25, 0.3) is 0 Å². The quantitative estimate of drug-likeness (QED) is 0.577. The summed E-state index contributed by atoms with van der Waals surface area (Å²) in [6, 6.07) is 9.70. The Balaban J connectivity index is 1.95. The van der Waals surface area contributed by atoms with Gasteiger partial charge >= 0.3 is 6.09 Å². The van der Waals surface area contributed by atoms with E-state index in [-0.39, 0.29) is 11.6 Å². The van der Waals surface area contributed by atoms with Crippen molar-refractivity contribution >= 4 is 16.1 Å². The lowest BCUT2D eigenvalue weighted by Crippen LogP contribution is -2.28. The van der Waals surface area contributed by atoms with Gasteiger partial charge < -0.3 is 9.47 Å². The van der Waals surface area contributed by atoms with Crippen LogP contribution in [-0.2, 0) is 27.8 Å². The van der Waals surface area contributed by atoms with Crippen LogP contribution in [0.5, 0.6) is 5.75 Å². The lowest BCUT2D eigenvalue weighted by molar-refractivity contribution is 0.0540. The van der Waals surface area contributed by atoms with Gasteiger partial charge in [0.1, 0.15) is 18.0 Å². The van der Waals surface area contributed by atoms with Crippen molar-refractivity contribution in [1.29, 1.82) is 0 Å². The number of nitrogens with one attached hydrogen (secondary N) is 1. The first-order valence-corrected chi connectivity index (χ1v) is 11.6. The molecule has 10 heteroatoms. The van der Waals surface area contributed by atoms with Gasteiger partial charge in [0, 0.05) is 23.7 Å². The summed E-state index contributed by atoms with van der Waals surface area (Å²) >= 11 is 0. The first-order chi connectivity index (χ1) is 15.1. The highest BCUT2D eigenvalue weighted by molar-refractivity contribution is 7.89. The van der Waals surface area contributed by atoms with Gasteiger partial charge in [-0.2, -0.15) is 9.82 Å². The summed E-state index contributed by atoms with van der Waals surface area (Å²) in [6.45, 7) is 7.30. The summed E-state index contributed by atoms with van der Waals surface area (Å²) in [5.74, 6) is 0.424. The number of nitrogens with zero attached hydrogens (tertiary/aromatic N) is 3. The van der Waals surface area contributed by atoms with E-state index in [1.807, 2.05) is 13.0 Å². The third kappa shape index (κ3) is 5.20. The minimum Gasteiger partial charge on any atom is -0.496 e. The fourth-order valence-electron chi connectivity index (χ4n) is 3.16. The van der Waals surface area contributed by atoms with Crippen molar-refractivity contribution in [3.05, 3.63) is 54.5 Å². The van der Waals surface area contributed by atoms with E-state index in [0.717, 1.165) is 12.1 Å². The van der Waals surface area contributed by atoms with Crippen LogP contribution in [0.1, 0.15) is 33.4 Å². The SMILES string of the molecule is CCc1ccnn1CNS(=O)(=O)c1ccc(OC)c(-c2cccn2C(=O)OC(C)(C)C)c1. The predicted octanol–water partition coefficient (Wildman–Crippen LogP) is 3.64. The van der Waals surface area contributed by atoms with Crippen LogP contribution in [0.25, 0.3) is 11.3 Å². The van der Waals surface area contributed by atoms with Crippen molar-refractivity contribution in [2.75, 3.05) is 7.11 Å². The molecule has 9 nitrogen and oxygen atoms in total. The lowest BCUT2D eigenvalue weighted by atomic mass is 10.1. The van der Waals surface area contributed by atoms with Crippen molar-refractivity contribution in [2.45, 2.75) is 51.3 Å². The Bertz CT molecular complexity index is 1210. The Hall–Kier alpha value is -3.11. The highest BCUT2D eigenvalue weighted by Gasteiger charge is 2.23. The summed E-state index contributed by atoms with van der Waals surface area (Å²) in [5, 5.41) is 4.14. The van der Waals surface area contributed by atoms with Crippen molar-refractivity contribution in [2.24, 2.45) is 0 Å². The van der Waals surface area contributed by atoms with Gasteiger partial charge in [0.15, 0.2) is 0 Å². The lowest BCUT2D eigenvalue weighted by Gasteiger charge is -2.21. The van der Waals surface area contributed by atoms with E-state index in [0.29, 0.717) is 17.0 Å². The molecule has 3 rings (SSSR count). The van der Waals surface area contributed by atoms with E-state index in [9.17, 15) is 13.2 Å². The van der Waals surface area contributed by atoms with E-state index in [4.69, 9.17) is 9.47 Å². The number of ether oxygens (including phenoxy) is 2. The molecule has 172 valence electrons. The minimum absolute atomic E-state index is 0.00809. The molecule has 0 fully saturated rings. The van der Waals surface area contributed by atoms with E-state index in [1.54, 1.807) is 56.0 Å². The predicted molar refractivity (Wildman–Crippen MR) is 120 cm³/mol. The average molecular weight is 461 g/mol. The molecule has 0 aliphatic rings. The van der Waals surface area contributed by atoms with Crippen LogP contribution in [0.4, 0.5) is 4.79 Å². The molecule has 1 aromatic carbocycles. The molecule has 1 N–H and O–H groups in total. The van der Waals surface area contributed by atoms with Gasteiger partial charge in [-0.05, 0) is 63.6 Å². The van der Waals surface area contributed by atoms with Gasteiger partial charge in [-0.15, -0.1) is 0 Å². The molecular weight excluding hydrogens is 432 g/mol. The topological polar surface area (TPSA) is 104 Å². The molecule has 0 unspecified atom stereocenters. The molecule has 0 saturated heterocycles. The highest BCUT2D eigenvalue weighted by atomic mass is 32.2.